The molecule has 0 aliphatic rings. The summed E-state index contributed by atoms with van der Waals surface area (Å²) in [7, 11) is 0. The first-order valence-corrected chi connectivity index (χ1v) is 3.58. The molecule has 7 heteroatoms. The summed E-state index contributed by atoms with van der Waals surface area (Å²) >= 11 is 9.25. The zero-order valence-corrected chi connectivity index (χ0v) is 15.0. The molecule has 1 aromatic rings. The van der Waals surface area contributed by atoms with E-state index in [2.05, 4.69) is 30.2 Å². The summed E-state index contributed by atoms with van der Waals surface area (Å²) in [5.74, 6) is 0. The third kappa shape index (κ3) is 11.9. The van der Waals surface area contributed by atoms with Gasteiger partial charge >= 0.3 is 46.1 Å². The topological polar surface area (TPSA) is 14.1 Å². The summed E-state index contributed by atoms with van der Waals surface area (Å²) in [6.07, 6.45) is 0. The molecule has 0 saturated heterocycles. The zero-order chi connectivity index (χ0) is 7.40. The van der Waals surface area contributed by atoms with Gasteiger partial charge in [-0.2, -0.15) is 0 Å². The Balaban J connectivity index is -0.000000125. The molecule has 0 radical (unpaired) electrons. The Labute approximate surface area is 148 Å². The second-order valence-electron chi connectivity index (χ2n) is 1.71. The van der Waals surface area contributed by atoms with Gasteiger partial charge in [0.2, 0.25) is 0 Å². The molecule has 68 valence electrons. The average molecular weight is 376 g/mol. The zero-order valence-electron chi connectivity index (χ0n) is 7.32. The van der Waals surface area contributed by atoms with Crippen LogP contribution in [0.15, 0.2) is 30.3 Å². The van der Waals surface area contributed by atoms with Crippen molar-refractivity contribution in [3.05, 3.63) is 35.6 Å². The van der Waals surface area contributed by atoms with Crippen LogP contribution in [0.4, 0.5) is 5.69 Å². The van der Waals surface area contributed by atoms with E-state index in [0.29, 0.717) is 0 Å². The minimum absolute atomic E-state index is 0. The summed E-state index contributed by atoms with van der Waals surface area (Å²) < 4.78 is 0.256. The number of nitrogens with zero attached hydrogens (tertiary/aromatic N) is 1. The van der Waals surface area contributed by atoms with E-state index in [0.717, 1.165) is 5.69 Å². The Bertz CT molecular complexity index is 236. The number of rotatable bonds is 1. The van der Waals surface area contributed by atoms with Gasteiger partial charge in [-0.1, -0.05) is 30.3 Å². The molecule has 0 unspecified atom stereocenters. The van der Waals surface area contributed by atoms with Crippen LogP contribution < -0.4 is 34.0 Å². The van der Waals surface area contributed by atoms with Crippen LogP contribution in [0.5, 0.6) is 0 Å². The van der Waals surface area contributed by atoms with Crippen molar-refractivity contribution in [3.8, 4) is 0 Å². The predicted octanol–water partition coefficient (Wildman–Crippen LogP) is -4.23. The second-order valence-corrected chi connectivity index (χ2v) is 2.75. The molecule has 0 amide bonds. The van der Waals surface area contributed by atoms with E-state index in [1.54, 1.807) is 0 Å². The maximum absolute atomic E-state index is 4.63. The van der Waals surface area contributed by atoms with Crippen LogP contribution in [0.3, 0.4) is 0 Å². The van der Waals surface area contributed by atoms with E-state index in [-0.39, 0.29) is 84.4 Å². The summed E-state index contributed by atoms with van der Waals surface area (Å²) in [5.41, 5.74) is 0.822. The van der Waals surface area contributed by atoms with Crippen LogP contribution >= 0.6 is 12.2 Å². The Morgan fingerprint density at radius 2 is 1.50 bits per heavy atom. The van der Waals surface area contributed by atoms with Gasteiger partial charge in [-0.05, 0) is 0 Å². The predicted molar refractivity (Wildman–Crippen MR) is 60.9 cm³/mol. The van der Waals surface area contributed by atoms with E-state index >= 15 is 0 Å². The molecule has 1 nitrogen and oxygen atoms in total. The van der Waals surface area contributed by atoms with Crippen LogP contribution in [-0.2, 0) is 12.6 Å². The van der Waals surface area contributed by atoms with Crippen LogP contribution in [0.1, 0.15) is 0 Å². The van der Waals surface area contributed by atoms with Crippen molar-refractivity contribution in [3.63, 3.8) is 0 Å². The third-order valence-electron chi connectivity index (χ3n) is 0.977. The van der Waals surface area contributed by atoms with E-state index < -0.39 is 0 Å². The number of para-hydroxylation sites is 1. The van der Waals surface area contributed by atoms with Gasteiger partial charge < -0.3 is 64.1 Å². The van der Waals surface area contributed by atoms with Crippen molar-refractivity contribution >= 4 is 81.0 Å². The van der Waals surface area contributed by atoms with E-state index in [1.807, 2.05) is 30.3 Å². The fourth-order valence-corrected chi connectivity index (χ4v) is 0.819. The molecule has 0 aromatic heterocycles. The van der Waals surface area contributed by atoms with Crippen molar-refractivity contribution in [2.75, 3.05) is 0 Å². The molecular formula is C7H5Br2Mg2NS2. The molecule has 0 atom stereocenters. The molecule has 0 N–H and O–H groups in total. The van der Waals surface area contributed by atoms with E-state index in [1.165, 1.54) is 0 Å². The minimum atomic E-state index is 0. The molecule has 0 aliphatic heterocycles. The van der Waals surface area contributed by atoms with Crippen LogP contribution in [-0.4, -0.2) is 50.4 Å². The fraction of sp³-hybridized carbons (Fsp3) is 0. The van der Waals surface area contributed by atoms with E-state index in [4.69, 9.17) is 0 Å². The van der Waals surface area contributed by atoms with Gasteiger partial charge in [-0.3, -0.25) is 0 Å². The first-order valence-electron chi connectivity index (χ1n) is 2.77. The fourth-order valence-electron chi connectivity index (χ4n) is 0.608. The maximum Gasteiger partial charge on any atom is 2.00 e. The molecule has 0 aliphatic carbocycles. The van der Waals surface area contributed by atoms with Crippen LogP contribution in [0.2, 0.25) is 0 Å². The molecule has 0 bridgehead atoms. The SMILES string of the molecule is S=C([S-])[N-]c1ccccc1.[Br-].[Br-].[Mg+2].[Mg+2]. The van der Waals surface area contributed by atoms with E-state index in [9.17, 15) is 0 Å². The maximum atomic E-state index is 4.63. The average Bonchev–Trinajstić information content (AvgIpc) is 1.88. The normalized spacial score (nSPS) is 6.29. The molecule has 0 saturated carbocycles. The monoisotopic (exact) mass is 373 g/mol. The Morgan fingerprint density at radius 1 is 1.07 bits per heavy atom. The van der Waals surface area contributed by atoms with Gasteiger partial charge in [-0.15, -0.1) is 5.69 Å². The molecule has 1 aromatic carbocycles. The molecule has 1 rings (SSSR count). The summed E-state index contributed by atoms with van der Waals surface area (Å²) in [6, 6.07) is 9.43. The largest absolute Gasteiger partial charge is 2.00 e. The quantitative estimate of drug-likeness (QED) is 0.281. The Hall–Kier alpha value is 1.82. The number of benzene rings is 1. The number of hydrogen-bond donors (Lipinski definition) is 0. The van der Waals surface area contributed by atoms with Gasteiger partial charge in [0, 0.05) is 0 Å². The van der Waals surface area contributed by atoms with Crippen molar-refractivity contribution in [2.24, 2.45) is 0 Å². The molecule has 0 fully saturated rings. The van der Waals surface area contributed by atoms with Crippen LogP contribution in [0.25, 0.3) is 5.32 Å². The van der Waals surface area contributed by atoms with Gasteiger partial charge in [0.1, 0.15) is 0 Å². The van der Waals surface area contributed by atoms with Gasteiger partial charge in [0.05, 0.1) is 0 Å². The second kappa shape index (κ2) is 14.8. The van der Waals surface area contributed by atoms with Crippen molar-refractivity contribution in [1.29, 1.82) is 0 Å². The Morgan fingerprint density at radius 3 is 1.86 bits per heavy atom. The Kier molecular flexibility index (Phi) is 26.3. The smallest absolute Gasteiger partial charge is 1.00 e. The summed E-state index contributed by atoms with van der Waals surface area (Å²) in [6.45, 7) is 0. The van der Waals surface area contributed by atoms with Crippen molar-refractivity contribution in [2.45, 2.75) is 0 Å². The van der Waals surface area contributed by atoms with Crippen LogP contribution in [0, 0.1) is 0 Å². The summed E-state index contributed by atoms with van der Waals surface area (Å²) in [4.78, 5) is 0. The summed E-state index contributed by atoms with van der Waals surface area (Å²) in [5, 5.41) is 3.91. The number of halogens is 2. The van der Waals surface area contributed by atoms with Crippen molar-refractivity contribution < 1.29 is 34.0 Å². The minimum Gasteiger partial charge on any atom is -1.00 e. The van der Waals surface area contributed by atoms with Crippen molar-refractivity contribution in [1.82, 2.24) is 0 Å². The van der Waals surface area contributed by atoms with Gasteiger partial charge in [-0.25, -0.2) is 4.32 Å². The molecule has 0 spiro atoms. The molecule has 0 heterocycles. The standard InChI is InChI=1S/C7H7NS2.2BrH.2Mg/c9-7(10)8-6-4-2-1-3-5-6;;;;/h1-5H,(H2,8,9,10);2*1H;;/q;;;2*+2/p-4. The number of thiocarbonyl (C=S) groups is 1. The van der Waals surface area contributed by atoms with Gasteiger partial charge in [0.25, 0.3) is 0 Å². The molecule has 14 heavy (non-hydrogen) atoms. The van der Waals surface area contributed by atoms with Gasteiger partial charge in [0.15, 0.2) is 0 Å². The molecular weight excluding hydrogens is 371 g/mol. The first kappa shape index (κ1) is 24.9. The first-order chi connectivity index (χ1) is 4.79. The number of hydrogen-bond acceptors (Lipinski definition) is 2. The third-order valence-corrected chi connectivity index (χ3v) is 1.16.